The summed E-state index contributed by atoms with van der Waals surface area (Å²) in [6.07, 6.45) is 0.747. The first-order valence-corrected chi connectivity index (χ1v) is 7.46. The highest BCUT2D eigenvalue weighted by Gasteiger charge is 2.26. The lowest BCUT2D eigenvalue weighted by molar-refractivity contribution is -0.126. The molecule has 7 heteroatoms. The third-order valence-electron chi connectivity index (χ3n) is 3.29. The molecule has 3 N–H and O–H groups in total. The zero-order chi connectivity index (χ0) is 15.9. The number of benzene rings is 1. The van der Waals surface area contributed by atoms with E-state index < -0.39 is 6.04 Å². The van der Waals surface area contributed by atoms with Crippen molar-refractivity contribution < 1.29 is 4.79 Å². The second kappa shape index (κ2) is 7.65. The van der Waals surface area contributed by atoms with Crippen LogP contribution in [0.15, 0.2) is 30.3 Å². The van der Waals surface area contributed by atoms with Gasteiger partial charge in [-0.3, -0.25) is 4.79 Å². The Bertz CT molecular complexity index is 595. The summed E-state index contributed by atoms with van der Waals surface area (Å²) in [6.45, 7) is 5.02. The zero-order valence-corrected chi connectivity index (χ0v) is 12.9. The molecule has 0 bridgehead atoms. The van der Waals surface area contributed by atoms with Crippen LogP contribution in [-0.2, 0) is 4.79 Å². The molecule has 1 amide bonds. The molecular formula is C15H22N6O. The fourth-order valence-corrected chi connectivity index (χ4v) is 2.14. The van der Waals surface area contributed by atoms with E-state index in [0.717, 1.165) is 12.0 Å². The lowest BCUT2D eigenvalue weighted by Crippen LogP contribution is -2.37. The Morgan fingerprint density at radius 1 is 1.32 bits per heavy atom. The van der Waals surface area contributed by atoms with Gasteiger partial charge in [0.25, 0.3) is 0 Å². The van der Waals surface area contributed by atoms with E-state index in [0.29, 0.717) is 18.9 Å². The van der Waals surface area contributed by atoms with Crippen molar-refractivity contribution in [3.63, 3.8) is 0 Å². The van der Waals surface area contributed by atoms with Crippen LogP contribution < -0.4 is 11.1 Å². The molecule has 1 aromatic carbocycles. The molecule has 0 spiro atoms. The summed E-state index contributed by atoms with van der Waals surface area (Å²) < 4.78 is 0. The number of aromatic nitrogens is 4. The van der Waals surface area contributed by atoms with Gasteiger partial charge < -0.3 is 11.1 Å². The molecule has 118 valence electrons. The molecule has 0 fully saturated rings. The maximum Gasteiger partial charge on any atom is 0.247 e. The Morgan fingerprint density at radius 3 is 2.68 bits per heavy atom. The average Bonchev–Trinajstić information content (AvgIpc) is 2.97. The van der Waals surface area contributed by atoms with E-state index in [1.165, 1.54) is 4.80 Å². The Labute approximate surface area is 129 Å². The van der Waals surface area contributed by atoms with Gasteiger partial charge in [0.1, 0.15) is 0 Å². The molecule has 1 unspecified atom stereocenters. The molecule has 2 aromatic rings. The van der Waals surface area contributed by atoms with E-state index in [9.17, 15) is 4.79 Å². The summed E-state index contributed by atoms with van der Waals surface area (Å²) >= 11 is 0. The molecule has 0 aliphatic carbocycles. The molecule has 0 saturated carbocycles. The molecule has 1 aromatic heterocycles. The quantitative estimate of drug-likeness (QED) is 0.743. The topological polar surface area (TPSA) is 98.7 Å². The van der Waals surface area contributed by atoms with Crippen LogP contribution in [-0.4, -0.2) is 39.2 Å². The minimum Gasteiger partial charge on any atom is -0.354 e. The SMILES string of the molecule is CC(C)C(C(=O)NCCCN)n1nnc(-c2ccccc2)n1. The maximum absolute atomic E-state index is 12.3. The van der Waals surface area contributed by atoms with E-state index in [4.69, 9.17) is 5.73 Å². The molecule has 0 saturated heterocycles. The molecule has 0 radical (unpaired) electrons. The van der Waals surface area contributed by atoms with Crippen LogP contribution in [0.1, 0.15) is 26.3 Å². The number of hydrogen-bond acceptors (Lipinski definition) is 5. The van der Waals surface area contributed by atoms with Gasteiger partial charge in [0.05, 0.1) is 0 Å². The smallest absolute Gasteiger partial charge is 0.247 e. The van der Waals surface area contributed by atoms with Gasteiger partial charge in [-0.25, -0.2) is 0 Å². The first-order chi connectivity index (χ1) is 10.6. The highest BCUT2D eigenvalue weighted by molar-refractivity contribution is 5.80. The number of hydrogen-bond donors (Lipinski definition) is 2. The van der Waals surface area contributed by atoms with Gasteiger partial charge in [0.15, 0.2) is 6.04 Å². The monoisotopic (exact) mass is 302 g/mol. The van der Waals surface area contributed by atoms with Crippen molar-refractivity contribution in [1.82, 2.24) is 25.5 Å². The Morgan fingerprint density at radius 2 is 2.05 bits per heavy atom. The zero-order valence-electron chi connectivity index (χ0n) is 12.9. The summed E-state index contributed by atoms with van der Waals surface area (Å²) in [5.41, 5.74) is 6.31. The van der Waals surface area contributed by atoms with Crippen molar-refractivity contribution in [2.24, 2.45) is 11.7 Å². The molecular weight excluding hydrogens is 280 g/mol. The van der Waals surface area contributed by atoms with Crippen LogP contribution in [0.2, 0.25) is 0 Å². The standard InChI is InChI=1S/C15H22N6O/c1-11(2)13(15(22)17-10-6-9-16)21-19-14(18-20-21)12-7-4-3-5-8-12/h3-5,7-8,11,13H,6,9-10,16H2,1-2H3,(H,17,22). The molecule has 0 aliphatic rings. The number of carbonyl (C=O) groups excluding carboxylic acids is 1. The largest absolute Gasteiger partial charge is 0.354 e. The Balaban J connectivity index is 2.16. The minimum atomic E-state index is -0.484. The van der Waals surface area contributed by atoms with E-state index in [1.54, 1.807) is 0 Å². The van der Waals surface area contributed by atoms with E-state index in [-0.39, 0.29) is 11.8 Å². The molecule has 0 aliphatic heterocycles. The number of carbonyl (C=O) groups is 1. The normalized spacial score (nSPS) is 12.4. The van der Waals surface area contributed by atoms with E-state index >= 15 is 0 Å². The van der Waals surface area contributed by atoms with Crippen molar-refractivity contribution in [2.75, 3.05) is 13.1 Å². The third kappa shape index (κ3) is 3.88. The van der Waals surface area contributed by atoms with Crippen LogP contribution in [0, 0.1) is 5.92 Å². The van der Waals surface area contributed by atoms with Crippen LogP contribution >= 0.6 is 0 Å². The van der Waals surface area contributed by atoms with Crippen molar-refractivity contribution in [3.05, 3.63) is 30.3 Å². The number of nitrogens with one attached hydrogen (secondary N) is 1. The van der Waals surface area contributed by atoms with E-state index in [2.05, 4.69) is 20.7 Å². The van der Waals surface area contributed by atoms with E-state index in [1.807, 2.05) is 44.2 Å². The summed E-state index contributed by atoms with van der Waals surface area (Å²) in [5.74, 6) is 0.456. The fraction of sp³-hybridized carbons (Fsp3) is 0.467. The number of tetrazole rings is 1. The Hall–Kier alpha value is -2.28. The van der Waals surface area contributed by atoms with Gasteiger partial charge in [-0.2, -0.15) is 4.80 Å². The summed E-state index contributed by atoms with van der Waals surface area (Å²) in [7, 11) is 0. The summed E-state index contributed by atoms with van der Waals surface area (Å²) in [6, 6.07) is 9.09. The highest BCUT2D eigenvalue weighted by atomic mass is 16.2. The van der Waals surface area contributed by atoms with Gasteiger partial charge in [-0.1, -0.05) is 44.2 Å². The van der Waals surface area contributed by atoms with Crippen LogP contribution in [0.3, 0.4) is 0 Å². The predicted octanol–water partition coefficient (Wildman–Crippen LogP) is 1.00. The van der Waals surface area contributed by atoms with Crippen molar-refractivity contribution in [1.29, 1.82) is 0 Å². The number of nitrogens with zero attached hydrogens (tertiary/aromatic N) is 4. The average molecular weight is 302 g/mol. The highest BCUT2D eigenvalue weighted by Crippen LogP contribution is 2.18. The van der Waals surface area contributed by atoms with Crippen molar-refractivity contribution in [3.8, 4) is 11.4 Å². The maximum atomic E-state index is 12.3. The van der Waals surface area contributed by atoms with Crippen molar-refractivity contribution in [2.45, 2.75) is 26.3 Å². The van der Waals surface area contributed by atoms with Gasteiger partial charge in [0, 0.05) is 12.1 Å². The summed E-state index contributed by atoms with van der Waals surface area (Å²) in [5, 5.41) is 15.3. The second-order valence-corrected chi connectivity index (χ2v) is 5.42. The number of amides is 1. The number of nitrogens with two attached hydrogens (primary N) is 1. The lowest BCUT2D eigenvalue weighted by Gasteiger charge is -2.18. The van der Waals surface area contributed by atoms with Crippen LogP contribution in [0.25, 0.3) is 11.4 Å². The molecule has 22 heavy (non-hydrogen) atoms. The van der Waals surface area contributed by atoms with Gasteiger partial charge >= 0.3 is 0 Å². The number of rotatable bonds is 7. The van der Waals surface area contributed by atoms with Gasteiger partial charge in [-0.15, -0.1) is 10.2 Å². The lowest BCUT2D eigenvalue weighted by atomic mass is 10.0. The minimum absolute atomic E-state index is 0.0516. The van der Waals surface area contributed by atoms with Crippen LogP contribution in [0.5, 0.6) is 0 Å². The predicted molar refractivity (Wildman–Crippen MR) is 83.8 cm³/mol. The fourth-order valence-electron chi connectivity index (χ4n) is 2.14. The van der Waals surface area contributed by atoms with Crippen LogP contribution in [0.4, 0.5) is 0 Å². The first kappa shape index (κ1) is 16.1. The second-order valence-electron chi connectivity index (χ2n) is 5.42. The van der Waals surface area contributed by atoms with Gasteiger partial charge in [-0.05, 0) is 24.1 Å². The molecule has 2 rings (SSSR count). The third-order valence-corrected chi connectivity index (χ3v) is 3.29. The molecule has 1 heterocycles. The summed E-state index contributed by atoms with van der Waals surface area (Å²) in [4.78, 5) is 13.7. The Kier molecular flexibility index (Phi) is 5.60. The molecule has 1 atom stereocenters. The van der Waals surface area contributed by atoms with Gasteiger partial charge in [0.2, 0.25) is 11.7 Å². The van der Waals surface area contributed by atoms with Crippen molar-refractivity contribution >= 4 is 5.91 Å². The molecule has 7 nitrogen and oxygen atoms in total. The first-order valence-electron chi connectivity index (χ1n) is 7.46.